The van der Waals surface area contributed by atoms with Crippen molar-refractivity contribution in [1.82, 2.24) is 0 Å². The van der Waals surface area contributed by atoms with E-state index in [9.17, 15) is 0 Å². The Morgan fingerprint density at radius 1 is 1.39 bits per heavy atom. The second-order valence-corrected chi connectivity index (χ2v) is 6.08. The molecule has 3 rings (SSSR count). The summed E-state index contributed by atoms with van der Waals surface area (Å²) in [6.07, 6.45) is 4.55. The Bertz CT molecular complexity index is 367. The highest BCUT2D eigenvalue weighted by Crippen LogP contribution is 2.48. The normalized spacial score (nSPS) is 33.4. The lowest BCUT2D eigenvalue weighted by Crippen LogP contribution is -2.45. The van der Waals surface area contributed by atoms with E-state index >= 15 is 0 Å². The highest BCUT2D eigenvalue weighted by atomic mass is 16.5. The van der Waals surface area contributed by atoms with Gasteiger partial charge in [0.05, 0.1) is 12.7 Å². The van der Waals surface area contributed by atoms with Gasteiger partial charge in [-0.2, -0.15) is 0 Å². The first-order valence-corrected chi connectivity index (χ1v) is 7.10. The molecule has 0 radical (unpaired) electrons. The second kappa shape index (κ2) is 5.08. The Morgan fingerprint density at radius 3 is 2.72 bits per heavy atom. The molecule has 0 spiro atoms. The van der Waals surface area contributed by atoms with Crippen LogP contribution in [0.25, 0.3) is 0 Å². The molecule has 2 heterocycles. The Hall–Kier alpha value is -0.760. The van der Waals surface area contributed by atoms with E-state index < -0.39 is 0 Å². The molecule has 1 fully saturated rings. The van der Waals surface area contributed by atoms with Crippen molar-refractivity contribution in [3.8, 4) is 0 Å². The van der Waals surface area contributed by atoms with Gasteiger partial charge >= 0.3 is 0 Å². The maximum atomic E-state index is 6.24. The number of hydrogen-bond acceptors (Lipinski definition) is 2. The highest BCUT2D eigenvalue weighted by Gasteiger charge is 2.46. The number of hydrogen-bond donors (Lipinski definition) is 0. The Labute approximate surface area is 111 Å². The largest absolute Gasteiger partial charge is 0.496 e. The van der Waals surface area contributed by atoms with Gasteiger partial charge in [-0.25, -0.2) is 0 Å². The summed E-state index contributed by atoms with van der Waals surface area (Å²) >= 11 is 0. The third kappa shape index (κ3) is 2.11. The van der Waals surface area contributed by atoms with Crippen LogP contribution < -0.4 is 0 Å². The van der Waals surface area contributed by atoms with Crippen molar-refractivity contribution in [2.75, 3.05) is 13.7 Å². The van der Waals surface area contributed by atoms with Crippen LogP contribution in [0.3, 0.4) is 0 Å². The van der Waals surface area contributed by atoms with Crippen molar-refractivity contribution in [1.29, 1.82) is 0 Å². The van der Waals surface area contributed by atoms with E-state index in [4.69, 9.17) is 9.47 Å². The standard InChI is InChI=1S/C16H26O2/c1-11(2)14-10-13-8-6-7-9-18-16(14,4)12(3)15(13)17-5/h11,14H,3,6-10H2,1-2,4-5H3/t14-,16?/m0/s1. The minimum Gasteiger partial charge on any atom is -0.496 e. The number of fused-ring (bicyclic) bond motifs is 6. The summed E-state index contributed by atoms with van der Waals surface area (Å²) in [7, 11) is 1.76. The second-order valence-electron chi connectivity index (χ2n) is 6.08. The fraction of sp³-hybridized carbons (Fsp3) is 0.750. The maximum Gasteiger partial charge on any atom is 0.123 e. The van der Waals surface area contributed by atoms with Crippen molar-refractivity contribution in [3.05, 3.63) is 23.5 Å². The van der Waals surface area contributed by atoms with Crippen LogP contribution in [0.4, 0.5) is 0 Å². The average molecular weight is 250 g/mol. The maximum absolute atomic E-state index is 6.24. The van der Waals surface area contributed by atoms with Crippen LogP contribution in [0.5, 0.6) is 0 Å². The van der Waals surface area contributed by atoms with Crippen LogP contribution in [0.1, 0.15) is 46.5 Å². The van der Waals surface area contributed by atoms with Gasteiger partial charge < -0.3 is 9.47 Å². The topological polar surface area (TPSA) is 18.5 Å². The van der Waals surface area contributed by atoms with Gasteiger partial charge in [-0.15, -0.1) is 0 Å². The summed E-state index contributed by atoms with van der Waals surface area (Å²) in [6.45, 7) is 11.9. The van der Waals surface area contributed by atoms with Crippen LogP contribution in [-0.2, 0) is 9.47 Å². The van der Waals surface area contributed by atoms with E-state index in [-0.39, 0.29) is 5.60 Å². The molecule has 18 heavy (non-hydrogen) atoms. The zero-order chi connectivity index (χ0) is 13.3. The molecule has 1 aliphatic carbocycles. The van der Waals surface area contributed by atoms with Crippen LogP contribution >= 0.6 is 0 Å². The molecule has 0 saturated carbocycles. The lowest BCUT2D eigenvalue weighted by molar-refractivity contribution is -0.0644. The van der Waals surface area contributed by atoms with E-state index in [1.165, 1.54) is 12.0 Å². The van der Waals surface area contributed by atoms with Gasteiger partial charge in [0.15, 0.2) is 0 Å². The summed E-state index contributed by atoms with van der Waals surface area (Å²) in [5.74, 6) is 2.12. The molecule has 2 aliphatic heterocycles. The van der Waals surface area contributed by atoms with Gasteiger partial charge in [0.25, 0.3) is 0 Å². The van der Waals surface area contributed by atoms with Gasteiger partial charge in [-0.1, -0.05) is 20.4 Å². The molecule has 102 valence electrons. The van der Waals surface area contributed by atoms with E-state index in [1.54, 1.807) is 7.11 Å². The van der Waals surface area contributed by atoms with Crippen molar-refractivity contribution < 1.29 is 9.47 Å². The van der Waals surface area contributed by atoms with E-state index in [0.29, 0.717) is 11.8 Å². The first-order chi connectivity index (χ1) is 8.50. The summed E-state index contributed by atoms with van der Waals surface area (Å²) in [5, 5.41) is 0. The zero-order valence-corrected chi connectivity index (χ0v) is 12.2. The molecular weight excluding hydrogens is 224 g/mol. The van der Waals surface area contributed by atoms with Crippen molar-refractivity contribution in [2.45, 2.75) is 52.1 Å². The zero-order valence-electron chi connectivity index (χ0n) is 12.2. The molecule has 0 aromatic rings. The molecule has 3 aliphatic rings. The quantitative estimate of drug-likeness (QED) is 0.735. The van der Waals surface area contributed by atoms with Gasteiger partial charge in [0.2, 0.25) is 0 Å². The predicted octanol–water partition coefficient (Wildman–Crippen LogP) is 4.08. The summed E-state index contributed by atoms with van der Waals surface area (Å²) < 4.78 is 11.9. The molecule has 2 bridgehead atoms. The molecule has 0 N–H and O–H groups in total. The first-order valence-electron chi connectivity index (χ1n) is 7.10. The van der Waals surface area contributed by atoms with Gasteiger partial charge in [0.1, 0.15) is 5.76 Å². The number of ether oxygens (including phenoxy) is 2. The smallest absolute Gasteiger partial charge is 0.123 e. The Kier molecular flexibility index (Phi) is 3.86. The Balaban J connectivity index is 2.48. The molecule has 2 heteroatoms. The lowest BCUT2D eigenvalue weighted by Gasteiger charge is -2.45. The average Bonchev–Trinajstić information content (AvgIpc) is 2.43. The minimum atomic E-state index is -0.257. The molecule has 1 saturated heterocycles. The van der Waals surface area contributed by atoms with Crippen LogP contribution in [0.15, 0.2) is 23.5 Å². The van der Waals surface area contributed by atoms with Gasteiger partial charge in [0, 0.05) is 12.2 Å². The summed E-state index contributed by atoms with van der Waals surface area (Å²) in [6, 6.07) is 0. The predicted molar refractivity (Wildman–Crippen MR) is 74.3 cm³/mol. The van der Waals surface area contributed by atoms with Crippen LogP contribution in [0.2, 0.25) is 0 Å². The van der Waals surface area contributed by atoms with Crippen molar-refractivity contribution >= 4 is 0 Å². The van der Waals surface area contributed by atoms with Crippen LogP contribution in [0, 0.1) is 11.8 Å². The molecule has 1 unspecified atom stereocenters. The molecular formula is C16H26O2. The fourth-order valence-electron chi connectivity index (χ4n) is 3.49. The van der Waals surface area contributed by atoms with Gasteiger partial charge in [-0.05, 0) is 50.0 Å². The van der Waals surface area contributed by atoms with Crippen molar-refractivity contribution in [3.63, 3.8) is 0 Å². The van der Waals surface area contributed by atoms with Crippen molar-refractivity contribution in [2.24, 2.45) is 11.8 Å². The molecule has 0 aromatic heterocycles. The molecule has 0 aromatic carbocycles. The van der Waals surface area contributed by atoms with E-state index in [1.807, 2.05) is 0 Å². The third-order valence-corrected chi connectivity index (χ3v) is 4.65. The summed E-state index contributed by atoms with van der Waals surface area (Å²) in [4.78, 5) is 0. The minimum absolute atomic E-state index is 0.257. The first kappa shape index (κ1) is 13.7. The monoisotopic (exact) mass is 250 g/mol. The summed E-state index contributed by atoms with van der Waals surface area (Å²) in [5.41, 5.74) is 2.24. The molecule has 2 nitrogen and oxygen atoms in total. The van der Waals surface area contributed by atoms with Gasteiger partial charge in [-0.3, -0.25) is 0 Å². The molecule has 2 atom stereocenters. The number of allylic oxidation sites excluding steroid dienone is 1. The third-order valence-electron chi connectivity index (χ3n) is 4.65. The number of methoxy groups -OCH3 is 1. The fourth-order valence-corrected chi connectivity index (χ4v) is 3.49. The highest BCUT2D eigenvalue weighted by molar-refractivity contribution is 5.40. The number of rotatable bonds is 2. The van der Waals surface area contributed by atoms with E-state index in [0.717, 1.165) is 37.2 Å². The lowest BCUT2D eigenvalue weighted by atomic mass is 9.68. The van der Waals surface area contributed by atoms with E-state index in [2.05, 4.69) is 27.4 Å². The molecule has 0 amide bonds. The Morgan fingerprint density at radius 2 is 2.11 bits per heavy atom. The van der Waals surface area contributed by atoms with Crippen LogP contribution in [-0.4, -0.2) is 19.3 Å². The SMILES string of the molecule is C=C1C(OC)=C2CCCCOC1(C)[C@H](C(C)C)C2.